The van der Waals surface area contributed by atoms with E-state index in [1.807, 2.05) is 4.90 Å². The lowest BCUT2D eigenvalue weighted by Gasteiger charge is -2.39. The van der Waals surface area contributed by atoms with E-state index in [0.717, 1.165) is 19.4 Å². The summed E-state index contributed by atoms with van der Waals surface area (Å²) in [5.74, 6) is 0.422. The molecule has 0 spiro atoms. The van der Waals surface area contributed by atoms with Gasteiger partial charge in [0, 0.05) is 24.7 Å². The first-order chi connectivity index (χ1) is 9.04. The highest BCUT2D eigenvalue weighted by molar-refractivity contribution is 6.42. The van der Waals surface area contributed by atoms with Crippen LogP contribution in [0.4, 0.5) is 0 Å². The molecule has 0 saturated carbocycles. The van der Waals surface area contributed by atoms with Gasteiger partial charge in [-0.3, -0.25) is 4.79 Å². The summed E-state index contributed by atoms with van der Waals surface area (Å²) >= 11 is 11.8. The molecule has 2 rings (SSSR count). The van der Waals surface area contributed by atoms with Crippen LogP contribution in [0.5, 0.6) is 0 Å². The van der Waals surface area contributed by atoms with Gasteiger partial charge in [-0.25, -0.2) is 0 Å². The first-order valence-electron chi connectivity index (χ1n) is 6.50. The Morgan fingerprint density at radius 2 is 2.10 bits per heavy atom. The molecule has 2 atom stereocenters. The Bertz CT molecular complexity index is 481. The Balaban J connectivity index is 0.00000200. The highest BCUT2D eigenvalue weighted by Gasteiger charge is 2.31. The average Bonchev–Trinajstić information content (AvgIpc) is 2.40. The fourth-order valence-electron chi connectivity index (χ4n) is 2.66. The second-order valence-corrected chi connectivity index (χ2v) is 5.86. The van der Waals surface area contributed by atoms with E-state index in [0.29, 0.717) is 28.1 Å². The van der Waals surface area contributed by atoms with Crippen LogP contribution in [0.15, 0.2) is 18.2 Å². The standard InChI is InChI=1S/C14H18Cl2N2O.ClH/c1-9-3-2-6-18(13(9)8-17)14(19)10-4-5-11(15)12(16)7-10;/h4-5,7,9,13H,2-3,6,8,17H2,1H3;1H. The lowest BCUT2D eigenvalue weighted by Crippen LogP contribution is -2.51. The molecule has 20 heavy (non-hydrogen) atoms. The highest BCUT2D eigenvalue weighted by Crippen LogP contribution is 2.27. The SMILES string of the molecule is CC1CCCN(C(=O)c2ccc(Cl)c(Cl)c2)C1CN.Cl. The van der Waals surface area contributed by atoms with E-state index in [-0.39, 0.29) is 24.4 Å². The van der Waals surface area contributed by atoms with E-state index in [9.17, 15) is 4.79 Å². The molecule has 0 aromatic heterocycles. The molecule has 1 aliphatic rings. The number of benzene rings is 1. The molecule has 1 saturated heterocycles. The molecule has 2 N–H and O–H groups in total. The van der Waals surface area contributed by atoms with Crippen LogP contribution < -0.4 is 5.73 Å². The van der Waals surface area contributed by atoms with Crippen LogP contribution in [0, 0.1) is 5.92 Å². The molecule has 1 aliphatic heterocycles. The third-order valence-electron chi connectivity index (χ3n) is 3.78. The number of carbonyl (C=O) groups is 1. The number of carbonyl (C=O) groups excluding carboxylic acids is 1. The van der Waals surface area contributed by atoms with E-state index >= 15 is 0 Å². The number of likely N-dealkylation sites (tertiary alicyclic amines) is 1. The summed E-state index contributed by atoms with van der Waals surface area (Å²) in [6, 6.07) is 5.10. The zero-order valence-electron chi connectivity index (χ0n) is 11.3. The van der Waals surface area contributed by atoms with Crippen LogP contribution in [0.1, 0.15) is 30.1 Å². The van der Waals surface area contributed by atoms with E-state index in [1.165, 1.54) is 0 Å². The predicted molar refractivity (Wildman–Crippen MR) is 86.0 cm³/mol. The minimum atomic E-state index is -0.0134. The fraction of sp³-hybridized carbons (Fsp3) is 0.500. The number of nitrogens with zero attached hydrogens (tertiary/aromatic N) is 1. The van der Waals surface area contributed by atoms with E-state index in [1.54, 1.807) is 18.2 Å². The lowest BCUT2D eigenvalue weighted by atomic mass is 9.90. The molecule has 112 valence electrons. The predicted octanol–water partition coefficient (Wildman–Crippen LogP) is 3.61. The number of piperidine rings is 1. The average molecular weight is 338 g/mol. The summed E-state index contributed by atoms with van der Waals surface area (Å²) in [6.45, 7) is 3.39. The Labute approximate surface area is 135 Å². The van der Waals surface area contributed by atoms with Gasteiger partial charge in [0.15, 0.2) is 0 Å². The van der Waals surface area contributed by atoms with Crippen molar-refractivity contribution in [3.8, 4) is 0 Å². The summed E-state index contributed by atoms with van der Waals surface area (Å²) < 4.78 is 0. The summed E-state index contributed by atoms with van der Waals surface area (Å²) in [4.78, 5) is 14.4. The zero-order chi connectivity index (χ0) is 14.0. The molecule has 0 bridgehead atoms. The van der Waals surface area contributed by atoms with E-state index < -0.39 is 0 Å². The minimum absolute atomic E-state index is 0. The molecule has 0 aliphatic carbocycles. The number of rotatable bonds is 2. The number of hydrogen-bond donors (Lipinski definition) is 1. The third kappa shape index (κ3) is 3.59. The molecule has 1 aromatic rings. The van der Waals surface area contributed by atoms with Gasteiger partial charge in [-0.2, -0.15) is 0 Å². The van der Waals surface area contributed by atoms with Gasteiger partial charge in [0.1, 0.15) is 0 Å². The van der Waals surface area contributed by atoms with Crippen molar-refractivity contribution < 1.29 is 4.79 Å². The van der Waals surface area contributed by atoms with Gasteiger partial charge in [-0.05, 0) is 37.0 Å². The summed E-state index contributed by atoms with van der Waals surface area (Å²) in [5, 5.41) is 0.863. The number of halogens is 3. The van der Waals surface area contributed by atoms with E-state index in [2.05, 4.69) is 6.92 Å². The molecule has 0 radical (unpaired) electrons. The van der Waals surface area contributed by atoms with Gasteiger partial charge in [0.25, 0.3) is 5.91 Å². The number of nitrogens with two attached hydrogens (primary N) is 1. The summed E-state index contributed by atoms with van der Waals surface area (Å²) in [6.07, 6.45) is 2.14. The van der Waals surface area contributed by atoms with Crippen LogP contribution in [-0.2, 0) is 0 Å². The smallest absolute Gasteiger partial charge is 0.254 e. The molecule has 1 fully saturated rings. The molecule has 1 heterocycles. The second-order valence-electron chi connectivity index (χ2n) is 5.05. The molecular formula is C14H19Cl3N2O. The van der Waals surface area contributed by atoms with Crippen LogP contribution in [0.25, 0.3) is 0 Å². The maximum absolute atomic E-state index is 12.5. The summed E-state index contributed by atoms with van der Waals surface area (Å²) in [5.41, 5.74) is 6.38. The fourth-order valence-corrected chi connectivity index (χ4v) is 2.95. The Morgan fingerprint density at radius 1 is 1.40 bits per heavy atom. The van der Waals surface area contributed by atoms with Crippen molar-refractivity contribution in [1.29, 1.82) is 0 Å². The first-order valence-corrected chi connectivity index (χ1v) is 7.26. The Kier molecular flexibility index (Phi) is 6.59. The molecule has 3 nitrogen and oxygen atoms in total. The monoisotopic (exact) mass is 336 g/mol. The van der Waals surface area contributed by atoms with Crippen molar-refractivity contribution in [2.75, 3.05) is 13.1 Å². The van der Waals surface area contributed by atoms with Gasteiger partial charge in [-0.1, -0.05) is 30.1 Å². The molecule has 1 aromatic carbocycles. The van der Waals surface area contributed by atoms with Crippen LogP contribution in [0.2, 0.25) is 10.0 Å². The summed E-state index contributed by atoms with van der Waals surface area (Å²) in [7, 11) is 0. The minimum Gasteiger partial charge on any atom is -0.334 e. The van der Waals surface area contributed by atoms with Gasteiger partial charge < -0.3 is 10.6 Å². The Hall–Kier alpha value is -0.480. The zero-order valence-corrected chi connectivity index (χ0v) is 13.6. The van der Waals surface area contributed by atoms with Crippen molar-refractivity contribution in [1.82, 2.24) is 4.90 Å². The van der Waals surface area contributed by atoms with Gasteiger partial charge in [-0.15, -0.1) is 12.4 Å². The van der Waals surface area contributed by atoms with E-state index in [4.69, 9.17) is 28.9 Å². The van der Waals surface area contributed by atoms with Crippen LogP contribution in [0.3, 0.4) is 0 Å². The third-order valence-corrected chi connectivity index (χ3v) is 4.52. The maximum Gasteiger partial charge on any atom is 0.254 e. The maximum atomic E-state index is 12.5. The Morgan fingerprint density at radius 3 is 2.70 bits per heavy atom. The van der Waals surface area contributed by atoms with Crippen molar-refractivity contribution in [3.05, 3.63) is 33.8 Å². The largest absolute Gasteiger partial charge is 0.334 e. The van der Waals surface area contributed by atoms with Crippen molar-refractivity contribution in [2.45, 2.75) is 25.8 Å². The normalized spacial score (nSPS) is 22.3. The van der Waals surface area contributed by atoms with Gasteiger partial charge in [0.05, 0.1) is 10.0 Å². The first kappa shape index (κ1) is 17.6. The van der Waals surface area contributed by atoms with Crippen molar-refractivity contribution in [3.63, 3.8) is 0 Å². The molecule has 2 unspecified atom stereocenters. The van der Waals surface area contributed by atoms with Crippen molar-refractivity contribution >= 4 is 41.5 Å². The van der Waals surface area contributed by atoms with Gasteiger partial charge in [0.2, 0.25) is 0 Å². The van der Waals surface area contributed by atoms with Crippen LogP contribution >= 0.6 is 35.6 Å². The van der Waals surface area contributed by atoms with Crippen molar-refractivity contribution in [2.24, 2.45) is 11.7 Å². The second kappa shape index (κ2) is 7.51. The van der Waals surface area contributed by atoms with Crippen LogP contribution in [-0.4, -0.2) is 29.9 Å². The quantitative estimate of drug-likeness (QED) is 0.896. The molecular weight excluding hydrogens is 319 g/mol. The number of amides is 1. The topological polar surface area (TPSA) is 46.3 Å². The molecule has 1 amide bonds. The lowest BCUT2D eigenvalue weighted by molar-refractivity contribution is 0.0532. The van der Waals surface area contributed by atoms with Gasteiger partial charge >= 0.3 is 0 Å². The number of hydrogen-bond acceptors (Lipinski definition) is 2. The molecule has 6 heteroatoms. The highest BCUT2D eigenvalue weighted by atomic mass is 35.5.